The van der Waals surface area contributed by atoms with Crippen molar-refractivity contribution in [3.05, 3.63) is 0 Å². The minimum absolute atomic E-state index is 0.123. The number of alkyl halides is 2. The van der Waals surface area contributed by atoms with Gasteiger partial charge in [-0.2, -0.15) is 0 Å². The lowest BCUT2D eigenvalue weighted by molar-refractivity contribution is -0.112. The van der Waals surface area contributed by atoms with Gasteiger partial charge in [-0.15, -0.1) is 0 Å². The van der Waals surface area contributed by atoms with Crippen LogP contribution in [0.4, 0.5) is 13.6 Å². The summed E-state index contributed by atoms with van der Waals surface area (Å²) in [5, 5.41) is 13.1. The molecule has 0 aromatic heterocycles. The molecule has 2 saturated heterocycles. The molecule has 0 aromatic rings. The lowest BCUT2D eigenvalue weighted by Crippen LogP contribution is -2.60. The third kappa shape index (κ3) is 2.53. The predicted molar refractivity (Wildman–Crippen MR) is 64.1 cm³/mol. The van der Waals surface area contributed by atoms with Gasteiger partial charge in [-0.1, -0.05) is 0 Å². The van der Waals surface area contributed by atoms with Crippen LogP contribution < -0.4 is 5.32 Å². The zero-order chi connectivity index (χ0) is 14.4. The van der Waals surface area contributed by atoms with E-state index in [1.807, 2.05) is 0 Å². The Bertz CT molecular complexity index is 372. The lowest BCUT2D eigenvalue weighted by atomic mass is 9.95. The summed E-state index contributed by atoms with van der Waals surface area (Å²) in [5.41, 5.74) is -2.84. The van der Waals surface area contributed by atoms with E-state index >= 15 is 0 Å². The van der Waals surface area contributed by atoms with E-state index in [-0.39, 0.29) is 13.0 Å². The van der Waals surface area contributed by atoms with Crippen LogP contribution in [-0.2, 0) is 4.74 Å². The Morgan fingerprint density at radius 2 is 2.11 bits per heavy atom. The minimum Gasteiger partial charge on any atom is -0.444 e. The first-order chi connectivity index (χ1) is 8.65. The fraction of sp³-hybridized carbons (Fsp3) is 0.917. The fourth-order valence-electron chi connectivity index (χ4n) is 2.76. The molecule has 2 rings (SSSR count). The maximum atomic E-state index is 13.1. The summed E-state index contributed by atoms with van der Waals surface area (Å²) in [6, 6.07) is -1.39. The highest BCUT2D eigenvalue weighted by Crippen LogP contribution is 2.40. The van der Waals surface area contributed by atoms with E-state index in [1.165, 1.54) is 4.90 Å². The van der Waals surface area contributed by atoms with E-state index in [0.717, 1.165) is 0 Å². The zero-order valence-corrected chi connectivity index (χ0v) is 11.3. The van der Waals surface area contributed by atoms with Gasteiger partial charge in [-0.05, 0) is 20.8 Å². The molecule has 2 bridgehead atoms. The number of amides is 1. The van der Waals surface area contributed by atoms with Crippen LogP contribution in [0.15, 0.2) is 0 Å². The molecule has 7 heteroatoms. The number of halogens is 2. The van der Waals surface area contributed by atoms with Crippen molar-refractivity contribution in [2.75, 3.05) is 13.1 Å². The van der Waals surface area contributed by atoms with Crippen LogP contribution in [0.5, 0.6) is 0 Å². The molecule has 2 heterocycles. The Morgan fingerprint density at radius 1 is 1.47 bits per heavy atom. The van der Waals surface area contributed by atoms with Gasteiger partial charge in [0, 0.05) is 19.5 Å². The number of hydrogen-bond donors (Lipinski definition) is 2. The highest BCUT2D eigenvalue weighted by Gasteiger charge is 2.60. The SMILES string of the molecule is CC(C)(C)OC(=O)N1[C@H]2CNC[C@@H]1C(O)(C(F)F)C2. The number of rotatable bonds is 1. The molecular formula is C12H20F2N2O3. The van der Waals surface area contributed by atoms with E-state index in [9.17, 15) is 18.7 Å². The Morgan fingerprint density at radius 3 is 2.63 bits per heavy atom. The molecule has 3 atom stereocenters. The van der Waals surface area contributed by atoms with E-state index in [0.29, 0.717) is 6.54 Å². The summed E-state index contributed by atoms with van der Waals surface area (Å²) in [6.07, 6.45) is -3.64. The number of nitrogens with one attached hydrogen (secondary N) is 1. The number of piperazine rings is 1. The van der Waals surface area contributed by atoms with Crippen LogP contribution in [0.2, 0.25) is 0 Å². The van der Waals surface area contributed by atoms with Crippen molar-refractivity contribution in [2.24, 2.45) is 0 Å². The van der Waals surface area contributed by atoms with Crippen molar-refractivity contribution in [3.8, 4) is 0 Å². The molecule has 2 fully saturated rings. The van der Waals surface area contributed by atoms with Gasteiger partial charge in [0.05, 0.1) is 12.1 Å². The van der Waals surface area contributed by atoms with Gasteiger partial charge in [0.15, 0.2) is 0 Å². The van der Waals surface area contributed by atoms with Gasteiger partial charge < -0.3 is 15.2 Å². The first kappa shape index (κ1) is 14.5. The van der Waals surface area contributed by atoms with Crippen molar-refractivity contribution >= 4 is 6.09 Å². The molecule has 0 spiro atoms. The van der Waals surface area contributed by atoms with Gasteiger partial charge in [0.2, 0.25) is 0 Å². The average molecular weight is 278 g/mol. The van der Waals surface area contributed by atoms with Crippen molar-refractivity contribution in [3.63, 3.8) is 0 Å². The maximum absolute atomic E-state index is 13.1. The van der Waals surface area contributed by atoms with Gasteiger partial charge >= 0.3 is 6.09 Å². The van der Waals surface area contributed by atoms with Crippen molar-refractivity contribution in [2.45, 2.75) is 56.9 Å². The summed E-state index contributed by atoms with van der Waals surface area (Å²) < 4.78 is 31.4. The number of aliphatic hydroxyl groups is 1. The first-order valence-corrected chi connectivity index (χ1v) is 6.38. The quantitative estimate of drug-likeness (QED) is 0.750. The molecular weight excluding hydrogens is 258 g/mol. The predicted octanol–water partition coefficient (Wildman–Crippen LogP) is 0.964. The van der Waals surface area contributed by atoms with Crippen LogP contribution in [0.3, 0.4) is 0 Å². The third-order valence-electron chi connectivity index (χ3n) is 3.57. The smallest absolute Gasteiger partial charge is 0.410 e. The third-order valence-corrected chi connectivity index (χ3v) is 3.57. The number of carbonyl (C=O) groups excluding carboxylic acids is 1. The minimum atomic E-state index is -2.88. The Labute approximate surface area is 110 Å². The monoisotopic (exact) mass is 278 g/mol. The topological polar surface area (TPSA) is 61.8 Å². The maximum Gasteiger partial charge on any atom is 0.410 e. The van der Waals surface area contributed by atoms with Crippen LogP contribution >= 0.6 is 0 Å². The van der Waals surface area contributed by atoms with E-state index < -0.39 is 35.8 Å². The molecule has 2 aliphatic rings. The zero-order valence-electron chi connectivity index (χ0n) is 11.3. The Kier molecular flexibility index (Phi) is 3.47. The number of ether oxygens (including phenoxy) is 1. The number of hydrogen-bond acceptors (Lipinski definition) is 4. The van der Waals surface area contributed by atoms with E-state index in [4.69, 9.17) is 4.74 Å². The summed E-state index contributed by atoms with van der Waals surface area (Å²) in [4.78, 5) is 13.4. The average Bonchev–Trinajstić information content (AvgIpc) is 2.42. The summed E-state index contributed by atoms with van der Waals surface area (Å²) in [6.45, 7) is 5.69. The van der Waals surface area contributed by atoms with Gasteiger partial charge in [0.1, 0.15) is 11.2 Å². The highest BCUT2D eigenvalue weighted by atomic mass is 19.3. The molecule has 0 aliphatic carbocycles. The molecule has 1 amide bonds. The van der Waals surface area contributed by atoms with Crippen LogP contribution in [0.25, 0.3) is 0 Å². The lowest BCUT2D eigenvalue weighted by Gasteiger charge is -2.38. The molecule has 110 valence electrons. The summed E-state index contributed by atoms with van der Waals surface area (Å²) in [5.74, 6) is 0. The largest absolute Gasteiger partial charge is 0.444 e. The summed E-state index contributed by atoms with van der Waals surface area (Å²) in [7, 11) is 0. The summed E-state index contributed by atoms with van der Waals surface area (Å²) >= 11 is 0. The van der Waals surface area contributed by atoms with Crippen molar-refractivity contribution < 1.29 is 23.4 Å². The standard InChI is InChI=1S/C12H20F2N2O3/c1-11(2,3)19-10(17)16-7-4-12(18,9(13)14)8(16)6-15-5-7/h7-9,15,18H,4-6H2,1-3H3/t7-,8-,12?/m1/s1. The molecule has 0 saturated carbocycles. The Balaban J connectivity index is 2.21. The normalized spacial score (nSPS) is 34.8. The molecule has 2 aliphatic heterocycles. The molecule has 5 nitrogen and oxygen atoms in total. The number of nitrogens with zero attached hydrogens (tertiary/aromatic N) is 1. The second kappa shape index (κ2) is 4.56. The van der Waals surface area contributed by atoms with Crippen molar-refractivity contribution in [1.82, 2.24) is 10.2 Å². The molecule has 0 radical (unpaired) electrons. The first-order valence-electron chi connectivity index (χ1n) is 6.38. The number of carbonyl (C=O) groups is 1. The second-order valence-corrected chi connectivity index (χ2v) is 6.21. The molecule has 1 unspecified atom stereocenters. The van der Waals surface area contributed by atoms with Crippen molar-refractivity contribution in [1.29, 1.82) is 0 Å². The van der Waals surface area contributed by atoms with Gasteiger partial charge in [-0.3, -0.25) is 4.90 Å². The molecule has 19 heavy (non-hydrogen) atoms. The van der Waals surface area contributed by atoms with E-state index in [2.05, 4.69) is 5.32 Å². The highest BCUT2D eigenvalue weighted by molar-refractivity contribution is 5.70. The molecule has 2 N–H and O–H groups in total. The second-order valence-electron chi connectivity index (χ2n) is 6.21. The van der Waals surface area contributed by atoms with E-state index in [1.54, 1.807) is 20.8 Å². The fourth-order valence-corrected chi connectivity index (χ4v) is 2.76. The van der Waals surface area contributed by atoms with Crippen LogP contribution in [-0.4, -0.2) is 58.9 Å². The number of fused-ring (bicyclic) bond motifs is 2. The van der Waals surface area contributed by atoms with Gasteiger partial charge in [-0.25, -0.2) is 13.6 Å². The van der Waals surface area contributed by atoms with Crippen LogP contribution in [0.1, 0.15) is 27.2 Å². The van der Waals surface area contributed by atoms with Crippen LogP contribution in [0, 0.1) is 0 Å². The van der Waals surface area contributed by atoms with Gasteiger partial charge in [0.25, 0.3) is 6.43 Å². The Hall–Kier alpha value is -0.950. The molecule has 0 aromatic carbocycles.